The molecule has 1 unspecified atom stereocenters. The fraction of sp³-hybridized carbons (Fsp3) is 0.533. The summed E-state index contributed by atoms with van der Waals surface area (Å²) in [5.41, 5.74) is 0.330. The number of rotatable bonds is 5. The van der Waals surface area contributed by atoms with Crippen LogP contribution in [-0.2, 0) is 22.1 Å². The molecule has 1 aliphatic heterocycles. The zero-order valence-electron chi connectivity index (χ0n) is 13.0. The van der Waals surface area contributed by atoms with Gasteiger partial charge >= 0.3 is 0 Å². The minimum absolute atomic E-state index is 0.0574. The van der Waals surface area contributed by atoms with Crippen molar-refractivity contribution in [1.82, 2.24) is 20.0 Å². The molecule has 0 N–H and O–H groups in total. The first kappa shape index (κ1) is 14.9. The Kier molecular flexibility index (Phi) is 4.08. The van der Waals surface area contributed by atoms with Gasteiger partial charge in [-0.2, -0.15) is 5.10 Å². The van der Waals surface area contributed by atoms with Gasteiger partial charge in [0.25, 0.3) is 5.89 Å². The summed E-state index contributed by atoms with van der Waals surface area (Å²) in [6, 6.07) is 1.90. The molecule has 1 atom stereocenters. The second-order valence-electron chi connectivity index (χ2n) is 5.62. The predicted octanol–water partition coefficient (Wildman–Crippen LogP) is 2.01. The van der Waals surface area contributed by atoms with E-state index >= 15 is 0 Å². The Labute approximate surface area is 128 Å². The highest BCUT2D eigenvalue weighted by atomic mass is 16.6. The molecule has 0 aromatic carbocycles. The molecule has 0 bridgehead atoms. The Morgan fingerprint density at radius 2 is 2.23 bits per heavy atom. The summed E-state index contributed by atoms with van der Waals surface area (Å²) < 4.78 is 19.0. The molecule has 1 fully saturated rings. The van der Waals surface area contributed by atoms with Crippen LogP contribution < -0.4 is 0 Å². The molecule has 3 rings (SSSR count). The van der Waals surface area contributed by atoms with Crippen LogP contribution in [0.1, 0.15) is 37.7 Å². The van der Waals surface area contributed by atoms with E-state index in [1.54, 1.807) is 17.0 Å². The molecule has 0 aliphatic carbocycles. The normalized spacial score (nSPS) is 22.2. The minimum Gasteiger partial charge on any atom is -0.418 e. The Bertz CT molecular complexity index is 653. The average Bonchev–Trinajstić information content (AvgIpc) is 3.17. The summed E-state index contributed by atoms with van der Waals surface area (Å²) in [6.07, 6.45) is 6.16. The molecule has 0 saturated carbocycles. The summed E-state index contributed by atoms with van der Waals surface area (Å²) >= 11 is 0. The fourth-order valence-corrected chi connectivity index (χ4v) is 2.50. The molecule has 3 heterocycles. The Morgan fingerprint density at radius 3 is 2.86 bits per heavy atom. The third-order valence-electron chi connectivity index (χ3n) is 3.53. The molecule has 2 aromatic rings. The molecular weight excluding hydrogens is 284 g/mol. The third-order valence-corrected chi connectivity index (χ3v) is 3.53. The van der Waals surface area contributed by atoms with Gasteiger partial charge < -0.3 is 13.9 Å². The van der Waals surface area contributed by atoms with Crippen molar-refractivity contribution in [3.05, 3.63) is 29.7 Å². The fourth-order valence-electron chi connectivity index (χ4n) is 2.50. The van der Waals surface area contributed by atoms with Gasteiger partial charge in [-0.05, 0) is 26.0 Å². The molecule has 2 aromatic heterocycles. The van der Waals surface area contributed by atoms with Crippen LogP contribution in [0.15, 0.2) is 16.7 Å². The zero-order chi connectivity index (χ0) is 15.6. The van der Waals surface area contributed by atoms with E-state index in [0.29, 0.717) is 25.0 Å². The number of hydrogen-bond donors (Lipinski definition) is 0. The van der Waals surface area contributed by atoms with Crippen molar-refractivity contribution in [2.24, 2.45) is 7.05 Å². The molecule has 118 valence electrons. The van der Waals surface area contributed by atoms with Gasteiger partial charge in [0.05, 0.1) is 25.0 Å². The van der Waals surface area contributed by atoms with E-state index in [0.717, 1.165) is 12.1 Å². The molecular formula is C15H20N4O3. The van der Waals surface area contributed by atoms with E-state index < -0.39 is 5.60 Å². The highest BCUT2D eigenvalue weighted by Crippen LogP contribution is 2.35. The van der Waals surface area contributed by atoms with E-state index in [9.17, 15) is 0 Å². The topological polar surface area (TPSA) is 75.2 Å². The van der Waals surface area contributed by atoms with Crippen LogP contribution in [0.25, 0.3) is 12.2 Å². The number of aromatic nitrogens is 4. The zero-order valence-corrected chi connectivity index (χ0v) is 13.0. The smallest absolute Gasteiger partial charge is 0.251 e. The molecule has 0 spiro atoms. The lowest BCUT2D eigenvalue weighted by atomic mass is 10.0. The van der Waals surface area contributed by atoms with Gasteiger partial charge in [0.15, 0.2) is 5.60 Å². The number of ether oxygens (including phenoxy) is 2. The van der Waals surface area contributed by atoms with Crippen LogP contribution in [-0.4, -0.2) is 39.3 Å². The second kappa shape index (κ2) is 6.02. The monoisotopic (exact) mass is 304 g/mol. The van der Waals surface area contributed by atoms with Crippen LogP contribution in [0.3, 0.4) is 0 Å². The lowest BCUT2D eigenvalue weighted by Crippen LogP contribution is -2.33. The molecule has 1 saturated heterocycles. The van der Waals surface area contributed by atoms with Crippen molar-refractivity contribution >= 4 is 12.2 Å². The van der Waals surface area contributed by atoms with Crippen molar-refractivity contribution in [3.8, 4) is 0 Å². The molecule has 7 heteroatoms. The molecule has 22 heavy (non-hydrogen) atoms. The third kappa shape index (κ3) is 2.95. The van der Waals surface area contributed by atoms with Crippen LogP contribution >= 0.6 is 0 Å². The predicted molar refractivity (Wildman–Crippen MR) is 79.8 cm³/mol. The van der Waals surface area contributed by atoms with Gasteiger partial charge in [0.1, 0.15) is 0 Å². The maximum absolute atomic E-state index is 6.01. The van der Waals surface area contributed by atoms with E-state index in [2.05, 4.69) is 15.3 Å². The Balaban J connectivity index is 1.80. The van der Waals surface area contributed by atoms with E-state index in [4.69, 9.17) is 13.9 Å². The largest absolute Gasteiger partial charge is 0.418 e. The first-order valence-electron chi connectivity index (χ1n) is 7.35. The van der Waals surface area contributed by atoms with Gasteiger partial charge in [-0.15, -0.1) is 10.2 Å². The van der Waals surface area contributed by atoms with Crippen molar-refractivity contribution in [2.75, 3.05) is 13.2 Å². The summed E-state index contributed by atoms with van der Waals surface area (Å²) in [6.45, 7) is 5.05. The quantitative estimate of drug-likeness (QED) is 0.841. The maximum atomic E-state index is 6.01. The van der Waals surface area contributed by atoms with Crippen molar-refractivity contribution in [2.45, 2.75) is 32.0 Å². The molecule has 7 nitrogen and oxygen atoms in total. The maximum Gasteiger partial charge on any atom is 0.251 e. The molecule has 0 radical (unpaired) electrons. The van der Waals surface area contributed by atoms with E-state index in [1.165, 1.54) is 0 Å². The minimum atomic E-state index is -0.625. The van der Waals surface area contributed by atoms with Crippen LogP contribution in [0.4, 0.5) is 0 Å². The summed E-state index contributed by atoms with van der Waals surface area (Å²) in [5.74, 6) is 0.915. The van der Waals surface area contributed by atoms with Gasteiger partial charge in [-0.25, -0.2) is 0 Å². The first-order chi connectivity index (χ1) is 10.6. The summed E-state index contributed by atoms with van der Waals surface area (Å²) in [5, 5.41) is 12.3. The summed E-state index contributed by atoms with van der Waals surface area (Å²) in [7, 11) is 1.88. The number of aryl methyl sites for hydroxylation is 1. The lowest BCUT2D eigenvalue weighted by molar-refractivity contribution is -0.102. The number of hydrogen-bond acceptors (Lipinski definition) is 6. The van der Waals surface area contributed by atoms with Crippen molar-refractivity contribution in [1.29, 1.82) is 0 Å². The van der Waals surface area contributed by atoms with Crippen molar-refractivity contribution < 1.29 is 13.9 Å². The Morgan fingerprint density at radius 1 is 1.36 bits per heavy atom. The average molecular weight is 304 g/mol. The van der Waals surface area contributed by atoms with Gasteiger partial charge in [-0.3, -0.25) is 4.68 Å². The highest BCUT2D eigenvalue weighted by Gasteiger charge is 2.43. The van der Waals surface area contributed by atoms with Gasteiger partial charge in [-0.1, -0.05) is 0 Å². The molecule has 1 aliphatic rings. The van der Waals surface area contributed by atoms with Crippen LogP contribution in [0.5, 0.6) is 0 Å². The van der Waals surface area contributed by atoms with Crippen molar-refractivity contribution in [3.63, 3.8) is 0 Å². The van der Waals surface area contributed by atoms with Gasteiger partial charge in [0, 0.05) is 25.7 Å². The molecule has 0 amide bonds. The van der Waals surface area contributed by atoms with E-state index in [-0.39, 0.29) is 6.10 Å². The SMILES string of the molecule is CC(C)OC1(c2nnc(/C=C/c3ccnn3C)o2)CCOC1. The van der Waals surface area contributed by atoms with Crippen LogP contribution in [0, 0.1) is 0 Å². The van der Waals surface area contributed by atoms with Crippen LogP contribution in [0.2, 0.25) is 0 Å². The standard InChI is InChI=1S/C15H20N4O3/c1-11(2)22-15(7-9-20-10-15)14-18-17-13(21-14)5-4-12-6-8-16-19(12)3/h4-6,8,11H,7,9-10H2,1-3H3/b5-4+. The van der Waals surface area contributed by atoms with E-state index in [1.807, 2.05) is 33.0 Å². The van der Waals surface area contributed by atoms with Gasteiger partial charge in [0.2, 0.25) is 5.89 Å². The first-order valence-corrected chi connectivity index (χ1v) is 7.35. The highest BCUT2D eigenvalue weighted by molar-refractivity contribution is 5.63. The Hall–Kier alpha value is -1.99. The number of nitrogens with zero attached hydrogens (tertiary/aromatic N) is 4. The lowest BCUT2D eigenvalue weighted by Gasteiger charge is -2.26. The second-order valence-corrected chi connectivity index (χ2v) is 5.62. The summed E-state index contributed by atoms with van der Waals surface area (Å²) in [4.78, 5) is 0.